The number of ether oxygens (including phenoxy) is 4. The largest absolute Gasteiger partial charge is 0.465 e. The van der Waals surface area contributed by atoms with Gasteiger partial charge in [-0.3, -0.25) is 9.59 Å². The summed E-state index contributed by atoms with van der Waals surface area (Å²) in [7, 11) is 0. The van der Waals surface area contributed by atoms with Crippen LogP contribution in [0, 0.1) is 28.6 Å². The molecule has 7 nitrogen and oxygen atoms in total. The van der Waals surface area contributed by atoms with E-state index in [0.717, 1.165) is 25.7 Å². The standard InChI is InChI=1S/C24H38O7/c1-15-10-21(31-17(3)26)24(14-29-16(2)25)20(6-5-8-23(24)13-30-23)22(15,4)11-19(27)18-7-9-28-12-18/h15,18-21,27H,5-14H2,1-4H3/t15-,18?,19+,20-,21+,22+,23+,24+/m1/s1. The molecule has 0 aromatic heterocycles. The number of esters is 2. The molecule has 0 amide bonds. The highest BCUT2D eigenvalue weighted by molar-refractivity contribution is 5.67. The number of fused-ring (bicyclic) bond motifs is 2. The highest BCUT2D eigenvalue weighted by atomic mass is 16.6. The van der Waals surface area contributed by atoms with Gasteiger partial charge in [0.15, 0.2) is 0 Å². The predicted octanol–water partition coefficient (Wildman–Crippen LogP) is 2.87. The van der Waals surface area contributed by atoms with Crippen LogP contribution in [-0.2, 0) is 28.5 Å². The second-order valence-corrected chi connectivity index (χ2v) is 10.7. The fraction of sp³-hybridized carbons (Fsp3) is 0.917. The van der Waals surface area contributed by atoms with Crippen molar-refractivity contribution in [1.82, 2.24) is 0 Å². The van der Waals surface area contributed by atoms with Crippen LogP contribution in [0.15, 0.2) is 0 Å². The third-order valence-corrected chi connectivity index (χ3v) is 9.08. The van der Waals surface area contributed by atoms with E-state index in [1.165, 1.54) is 13.8 Å². The van der Waals surface area contributed by atoms with Gasteiger partial charge in [0.05, 0.1) is 24.7 Å². The number of aliphatic hydroxyl groups excluding tert-OH is 1. The topological polar surface area (TPSA) is 94.6 Å². The molecule has 0 bridgehead atoms. The molecule has 1 spiro atoms. The first-order valence-corrected chi connectivity index (χ1v) is 11.8. The minimum atomic E-state index is -0.588. The number of epoxide rings is 1. The first kappa shape index (κ1) is 23.0. The lowest BCUT2D eigenvalue weighted by Crippen LogP contribution is -2.67. The van der Waals surface area contributed by atoms with Crippen LogP contribution in [0.5, 0.6) is 0 Å². The van der Waals surface area contributed by atoms with Crippen molar-refractivity contribution in [2.75, 3.05) is 26.4 Å². The van der Waals surface area contributed by atoms with Crippen molar-refractivity contribution in [1.29, 1.82) is 0 Å². The summed E-state index contributed by atoms with van der Waals surface area (Å²) in [5.41, 5.74) is -1.21. The second-order valence-electron chi connectivity index (χ2n) is 10.7. The van der Waals surface area contributed by atoms with Crippen LogP contribution >= 0.6 is 0 Å². The number of hydrogen-bond donors (Lipinski definition) is 1. The van der Waals surface area contributed by atoms with Crippen LogP contribution in [0.2, 0.25) is 0 Å². The number of rotatable bonds is 6. The Kier molecular flexibility index (Phi) is 6.16. The van der Waals surface area contributed by atoms with E-state index in [0.29, 0.717) is 32.7 Å². The molecule has 4 aliphatic rings. The fourth-order valence-corrected chi connectivity index (χ4v) is 7.20. The van der Waals surface area contributed by atoms with E-state index in [4.69, 9.17) is 18.9 Å². The van der Waals surface area contributed by atoms with Gasteiger partial charge in [0, 0.05) is 26.4 Å². The average Bonchev–Trinajstić information content (AvgIpc) is 3.25. The van der Waals surface area contributed by atoms with Crippen molar-refractivity contribution >= 4 is 11.9 Å². The van der Waals surface area contributed by atoms with Gasteiger partial charge in [-0.2, -0.15) is 0 Å². The maximum atomic E-state index is 12.1. The Morgan fingerprint density at radius 1 is 1.23 bits per heavy atom. The molecule has 1 unspecified atom stereocenters. The van der Waals surface area contributed by atoms with Crippen LogP contribution in [0.4, 0.5) is 0 Å². The molecule has 2 saturated carbocycles. The fourth-order valence-electron chi connectivity index (χ4n) is 7.20. The molecule has 2 saturated heterocycles. The van der Waals surface area contributed by atoms with Crippen molar-refractivity contribution in [3.05, 3.63) is 0 Å². The molecule has 0 aromatic carbocycles. The van der Waals surface area contributed by atoms with E-state index in [2.05, 4.69) is 13.8 Å². The lowest BCUT2D eigenvalue weighted by Gasteiger charge is -2.63. The lowest BCUT2D eigenvalue weighted by molar-refractivity contribution is -0.232. The molecule has 2 aliphatic carbocycles. The van der Waals surface area contributed by atoms with E-state index in [1.807, 2.05) is 0 Å². The van der Waals surface area contributed by atoms with Crippen molar-refractivity contribution in [2.24, 2.45) is 28.6 Å². The zero-order valence-electron chi connectivity index (χ0n) is 19.4. The van der Waals surface area contributed by atoms with Gasteiger partial charge in [0.1, 0.15) is 18.3 Å². The first-order chi connectivity index (χ1) is 14.6. The smallest absolute Gasteiger partial charge is 0.302 e. The summed E-state index contributed by atoms with van der Waals surface area (Å²) < 4.78 is 23.3. The summed E-state index contributed by atoms with van der Waals surface area (Å²) in [6.45, 7) is 9.46. The molecule has 176 valence electrons. The monoisotopic (exact) mass is 438 g/mol. The average molecular weight is 439 g/mol. The van der Waals surface area contributed by atoms with Crippen molar-refractivity contribution in [3.8, 4) is 0 Å². The van der Waals surface area contributed by atoms with E-state index in [1.54, 1.807) is 0 Å². The Labute approximate surface area is 185 Å². The summed E-state index contributed by atoms with van der Waals surface area (Å²) in [6, 6.07) is 0. The molecule has 4 rings (SSSR count). The molecule has 7 heteroatoms. The predicted molar refractivity (Wildman–Crippen MR) is 112 cm³/mol. The van der Waals surface area contributed by atoms with Crippen LogP contribution in [0.25, 0.3) is 0 Å². The SMILES string of the molecule is CC(=O)OC[C@@]12[C@@H](OC(C)=O)C[C@@H](C)[C@](C)(C[C@H](O)C3CCOC3)[C@H]1CCC[C@]21CO1. The normalized spacial score (nSPS) is 45.1. The highest BCUT2D eigenvalue weighted by Crippen LogP contribution is 2.69. The Hall–Kier alpha value is -1.18. The minimum Gasteiger partial charge on any atom is -0.465 e. The number of hydrogen-bond acceptors (Lipinski definition) is 7. The summed E-state index contributed by atoms with van der Waals surface area (Å²) in [5, 5.41) is 11.2. The maximum absolute atomic E-state index is 12.1. The molecular formula is C24H38O7. The molecule has 0 radical (unpaired) electrons. The number of carbonyl (C=O) groups excluding carboxylic acids is 2. The molecular weight excluding hydrogens is 400 g/mol. The van der Waals surface area contributed by atoms with Crippen LogP contribution in [-0.4, -0.2) is 61.3 Å². The number of carbonyl (C=O) groups is 2. The van der Waals surface area contributed by atoms with Crippen molar-refractivity contribution < 1.29 is 33.6 Å². The Bertz CT molecular complexity index is 698. The van der Waals surface area contributed by atoms with Crippen LogP contribution in [0.3, 0.4) is 0 Å². The highest BCUT2D eigenvalue weighted by Gasteiger charge is 2.75. The van der Waals surface area contributed by atoms with Gasteiger partial charge in [-0.05, 0) is 49.4 Å². The van der Waals surface area contributed by atoms with Crippen LogP contribution < -0.4 is 0 Å². The molecule has 0 aromatic rings. The van der Waals surface area contributed by atoms with E-state index >= 15 is 0 Å². The second kappa shape index (κ2) is 8.31. The first-order valence-electron chi connectivity index (χ1n) is 11.8. The molecule has 8 atom stereocenters. The van der Waals surface area contributed by atoms with Gasteiger partial charge in [-0.1, -0.05) is 20.3 Å². The zero-order valence-corrected chi connectivity index (χ0v) is 19.4. The van der Waals surface area contributed by atoms with Crippen molar-refractivity contribution in [2.45, 2.75) is 84.0 Å². The molecule has 2 aliphatic heterocycles. The van der Waals surface area contributed by atoms with E-state index < -0.39 is 17.1 Å². The third kappa shape index (κ3) is 3.80. The lowest BCUT2D eigenvalue weighted by atomic mass is 9.42. The van der Waals surface area contributed by atoms with Gasteiger partial charge >= 0.3 is 11.9 Å². The summed E-state index contributed by atoms with van der Waals surface area (Å²) in [6.07, 6.45) is 4.26. The third-order valence-electron chi connectivity index (χ3n) is 9.08. The minimum absolute atomic E-state index is 0.112. The maximum Gasteiger partial charge on any atom is 0.302 e. The Balaban J connectivity index is 1.73. The molecule has 2 heterocycles. The molecule has 1 N–H and O–H groups in total. The van der Waals surface area contributed by atoms with Gasteiger partial charge in [-0.25, -0.2) is 0 Å². The van der Waals surface area contributed by atoms with Gasteiger partial charge < -0.3 is 24.1 Å². The van der Waals surface area contributed by atoms with Gasteiger partial charge in [0.25, 0.3) is 0 Å². The Morgan fingerprint density at radius 3 is 2.55 bits per heavy atom. The van der Waals surface area contributed by atoms with E-state index in [9.17, 15) is 14.7 Å². The van der Waals surface area contributed by atoms with E-state index in [-0.39, 0.29) is 47.8 Å². The summed E-state index contributed by atoms with van der Waals surface area (Å²) in [4.78, 5) is 24.0. The van der Waals surface area contributed by atoms with Crippen molar-refractivity contribution in [3.63, 3.8) is 0 Å². The molecule has 4 fully saturated rings. The Morgan fingerprint density at radius 2 is 1.97 bits per heavy atom. The summed E-state index contributed by atoms with van der Waals surface area (Å²) >= 11 is 0. The van der Waals surface area contributed by atoms with Gasteiger partial charge in [0.2, 0.25) is 0 Å². The molecule has 31 heavy (non-hydrogen) atoms. The quantitative estimate of drug-likeness (QED) is 0.503. The summed E-state index contributed by atoms with van der Waals surface area (Å²) in [5.74, 6) is -0.141. The zero-order chi connectivity index (χ0) is 22.4. The van der Waals surface area contributed by atoms with Crippen LogP contribution in [0.1, 0.15) is 66.2 Å². The number of aliphatic hydroxyl groups is 1. The van der Waals surface area contributed by atoms with Gasteiger partial charge in [-0.15, -0.1) is 0 Å².